The van der Waals surface area contributed by atoms with Crippen molar-refractivity contribution in [2.45, 2.75) is 31.6 Å². The highest BCUT2D eigenvalue weighted by Crippen LogP contribution is 2.22. The number of hydrogen-bond donors (Lipinski definition) is 2. The number of hydrogen-bond acceptors (Lipinski definition) is 4. The van der Waals surface area contributed by atoms with Gasteiger partial charge in [-0.25, -0.2) is 0 Å². The fourth-order valence-corrected chi connectivity index (χ4v) is 3.67. The topological polar surface area (TPSA) is 70.6 Å². The van der Waals surface area contributed by atoms with Crippen LogP contribution in [0.4, 0.5) is 0 Å². The molecule has 1 atom stereocenters. The van der Waals surface area contributed by atoms with Crippen LogP contribution in [0.5, 0.6) is 0 Å². The molecule has 2 amide bonds. The highest BCUT2D eigenvalue weighted by Gasteiger charge is 2.31. The first-order valence-electron chi connectivity index (χ1n) is 8.98. The van der Waals surface area contributed by atoms with Crippen LogP contribution >= 0.6 is 11.8 Å². The molecule has 1 fully saturated rings. The van der Waals surface area contributed by atoms with E-state index in [4.69, 9.17) is 0 Å². The molecule has 0 radical (unpaired) electrons. The summed E-state index contributed by atoms with van der Waals surface area (Å²) in [5.74, 6) is -0.265. The number of benzene rings is 2. The van der Waals surface area contributed by atoms with Crippen molar-refractivity contribution in [2.75, 3.05) is 6.54 Å². The van der Waals surface area contributed by atoms with E-state index in [0.717, 1.165) is 12.0 Å². The lowest BCUT2D eigenvalue weighted by molar-refractivity contribution is -0.125. The predicted octanol–water partition coefficient (Wildman–Crippen LogP) is 2.83. The van der Waals surface area contributed by atoms with E-state index in [1.807, 2.05) is 61.5 Å². The third kappa shape index (κ3) is 5.96. The summed E-state index contributed by atoms with van der Waals surface area (Å²) >= 11 is 1.33. The highest BCUT2D eigenvalue weighted by atomic mass is 32.2. The van der Waals surface area contributed by atoms with Gasteiger partial charge in [0.1, 0.15) is 5.25 Å². The number of carbonyl (C=O) groups excluding carboxylic acids is 2. The summed E-state index contributed by atoms with van der Waals surface area (Å²) in [5.41, 5.74) is 3.47. The molecule has 1 aliphatic rings. The summed E-state index contributed by atoms with van der Waals surface area (Å²) in [5, 5.41) is 5.82. The zero-order valence-corrected chi connectivity index (χ0v) is 16.1. The minimum atomic E-state index is -0.418. The number of amidine groups is 1. The Bertz CT molecular complexity index is 819. The molecule has 0 spiro atoms. The van der Waals surface area contributed by atoms with Crippen LogP contribution in [0.25, 0.3) is 0 Å². The second-order valence-corrected chi connectivity index (χ2v) is 7.68. The largest absolute Gasteiger partial charge is 0.356 e. The lowest BCUT2D eigenvalue weighted by Gasteiger charge is -2.07. The van der Waals surface area contributed by atoms with Crippen LogP contribution in [-0.4, -0.2) is 28.8 Å². The van der Waals surface area contributed by atoms with Crippen molar-refractivity contribution in [3.63, 3.8) is 0 Å². The summed E-state index contributed by atoms with van der Waals surface area (Å²) in [6.07, 6.45) is 0.939. The van der Waals surface area contributed by atoms with Gasteiger partial charge in [-0.2, -0.15) is 0 Å². The van der Waals surface area contributed by atoms with Gasteiger partial charge in [-0.05, 0) is 24.5 Å². The van der Waals surface area contributed by atoms with Crippen LogP contribution < -0.4 is 10.6 Å². The second kappa shape index (κ2) is 9.37. The maximum atomic E-state index is 12.1. The normalized spacial score (nSPS) is 17.7. The van der Waals surface area contributed by atoms with Crippen molar-refractivity contribution < 1.29 is 9.59 Å². The molecule has 1 saturated heterocycles. The second-order valence-electron chi connectivity index (χ2n) is 6.49. The van der Waals surface area contributed by atoms with Gasteiger partial charge in [0.2, 0.25) is 11.8 Å². The molecule has 3 rings (SSSR count). The fraction of sp³-hybridized carbons (Fsp3) is 0.286. The Labute approximate surface area is 163 Å². The van der Waals surface area contributed by atoms with Gasteiger partial charge in [-0.3, -0.25) is 14.6 Å². The molecule has 5 nitrogen and oxygen atoms in total. The van der Waals surface area contributed by atoms with E-state index < -0.39 is 5.25 Å². The molecule has 2 aromatic rings. The Morgan fingerprint density at radius 2 is 1.85 bits per heavy atom. The summed E-state index contributed by atoms with van der Waals surface area (Å²) in [6.45, 7) is 3.12. The number of thioether (sulfide) groups is 1. The first kappa shape index (κ1) is 19.2. The Hall–Kier alpha value is -2.60. The average Bonchev–Trinajstić information content (AvgIpc) is 3.01. The molecule has 0 aromatic heterocycles. The first-order valence-corrected chi connectivity index (χ1v) is 9.86. The number of nitrogens with zero attached hydrogens (tertiary/aromatic N) is 1. The van der Waals surface area contributed by atoms with Gasteiger partial charge >= 0.3 is 0 Å². The van der Waals surface area contributed by atoms with Crippen LogP contribution in [0, 0.1) is 6.92 Å². The molecule has 140 valence electrons. The molecule has 2 N–H and O–H groups in total. The standard InChI is InChI=1S/C21H23N3O2S/c1-15-7-9-17(10-8-15)14-23-21-24-20(26)18(27-21)13-19(25)22-12-11-16-5-3-2-4-6-16/h2-10,18H,11-14H2,1H3,(H,22,25)(H,23,24,26)/t18-/m0/s1. The third-order valence-corrected chi connectivity index (χ3v) is 5.37. The van der Waals surface area contributed by atoms with E-state index in [1.54, 1.807) is 0 Å². The monoisotopic (exact) mass is 381 g/mol. The van der Waals surface area contributed by atoms with E-state index in [1.165, 1.54) is 22.9 Å². The van der Waals surface area contributed by atoms with Crippen molar-refractivity contribution in [3.8, 4) is 0 Å². The van der Waals surface area contributed by atoms with E-state index in [2.05, 4.69) is 15.6 Å². The maximum absolute atomic E-state index is 12.1. The zero-order valence-electron chi connectivity index (χ0n) is 15.3. The molecule has 2 aromatic carbocycles. The maximum Gasteiger partial charge on any atom is 0.240 e. The molecule has 0 saturated carbocycles. The molecular weight excluding hydrogens is 358 g/mol. The van der Waals surface area contributed by atoms with Crippen molar-refractivity contribution in [3.05, 3.63) is 71.3 Å². The first-order chi connectivity index (χ1) is 13.1. The van der Waals surface area contributed by atoms with Gasteiger partial charge in [-0.1, -0.05) is 71.9 Å². The fourth-order valence-electron chi connectivity index (χ4n) is 2.70. The van der Waals surface area contributed by atoms with E-state index in [0.29, 0.717) is 18.3 Å². The van der Waals surface area contributed by atoms with E-state index >= 15 is 0 Å². The molecule has 6 heteroatoms. The Morgan fingerprint density at radius 1 is 1.11 bits per heavy atom. The van der Waals surface area contributed by atoms with Crippen molar-refractivity contribution in [2.24, 2.45) is 4.99 Å². The number of aryl methyl sites for hydroxylation is 1. The van der Waals surface area contributed by atoms with Crippen molar-refractivity contribution >= 4 is 28.7 Å². The van der Waals surface area contributed by atoms with Gasteiger partial charge in [0, 0.05) is 13.0 Å². The van der Waals surface area contributed by atoms with Gasteiger partial charge < -0.3 is 10.6 Å². The average molecular weight is 382 g/mol. The summed E-state index contributed by atoms with van der Waals surface area (Å²) in [7, 11) is 0. The molecular formula is C21H23N3O2S. The van der Waals surface area contributed by atoms with Crippen molar-refractivity contribution in [1.82, 2.24) is 10.6 Å². The number of carbonyl (C=O) groups is 2. The van der Waals surface area contributed by atoms with Crippen LogP contribution in [0.3, 0.4) is 0 Å². The highest BCUT2D eigenvalue weighted by molar-refractivity contribution is 8.15. The van der Waals surface area contributed by atoms with Gasteiger partial charge in [0.15, 0.2) is 5.17 Å². The summed E-state index contributed by atoms with van der Waals surface area (Å²) < 4.78 is 0. The lowest BCUT2D eigenvalue weighted by Crippen LogP contribution is -2.32. The number of amides is 2. The van der Waals surface area contributed by atoms with Crippen LogP contribution in [0.15, 0.2) is 59.6 Å². The summed E-state index contributed by atoms with van der Waals surface area (Å²) in [4.78, 5) is 28.6. The van der Waals surface area contributed by atoms with Crippen LogP contribution in [0.1, 0.15) is 23.1 Å². The molecule has 0 bridgehead atoms. The smallest absolute Gasteiger partial charge is 0.240 e. The summed E-state index contributed by atoms with van der Waals surface area (Å²) in [6, 6.07) is 18.1. The van der Waals surface area contributed by atoms with E-state index in [-0.39, 0.29) is 18.2 Å². The van der Waals surface area contributed by atoms with Crippen LogP contribution in [-0.2, 0) is 22.6 Å². The Morgan fingerprint density at radius 3 is 2.59 bits per heavy atom. The Kier molecular flexibility index (Phi) is 6.65. The number of nitrogens with one attached hydrogen (secondary N) is 2. The van der Waals surface area contributed by atoms with Crippen LogP contribution in [0.2, 0.25) is 0 Å². The predicted molar refractivity (Wildman–Crippen MR) is 110 cm³/mol. The Balaban J connectivity index is 1.43. The quantitative estimate of drug-likeness (QED) is 0.775. The minimum Gasteiger partial charge on any atom is -0.356 e. The van der Waals surface area contributed by atoms with Gasteiger partial charge in [0.25, 0.3) is 0 Å². The molecule has 0 aliphatic carbocycles. The lowest BCUT2D eigenvalue weighted by atomic mass is 10.1. The van der Waals surface area contributed by atoms with Crippen molar-refractivity contribution in [1.29, 1.82) is 0 Å². The minimum absolute atomic E-state index is 0.113. The molecule has 1 aliphatic heterocycles. The molecule has 1 heterocycles. The van der Waals surface area contributed by atoms with E-state index in [9.17, 15) is 9.59 Å². The molecule has 27 heavy (non-hydrogen) atoms. The third-order valence-electron chi connectivity index (χ3n) is 4.25. The SMILES string of the molecule is Cc1ccc(CN=C2NC(=O)[C@H](CC(=O)NCCc3ccccc3)S2)cc1. The number of aliphatic imine (C=N–C) groups is 1. The van der Waals surface area contributed by atoms with Gasteiger partial charge in [-0.15, -0.1) is 0 Å². The number of rotatable bonds is 7. The molecule has 0 unspecified atom stereocenters. The zero-order chi connectivity index (χ0) is 19.1. The van der Waals surface area contributed by atoms with Gasteiger partial charge in [0.05, 0.1) is 6.54 Å².